The minimum Gasteiger partial charge on any atom is -0.496 e. The first kappa shape index (κ1) is 16.8. The second-order valence-corrected chi connectivity index (χ2v) is 6.82. The van der Waals surface area contributed by atoms with Gasteiger partial charge in [-0.3, -0.25) is 9.59 Å². The van der Waals surface area contributed by atoms with Gasteiger partial charge in [0.15, 0.2) is 0 Å². The predicted molar refractivity (Wildman–Crippen MR) is 96.5 cm³/mol. The summed E-state index contributed by atoms with van der Waals surface area (Å²) in [5.41, 5.74) is 2.32. The van der Waals surface area contributed by atoms with E-state index < -0.39 is 0 Å². The Morgan fingerprint density at radius 1 is 1.23 bits per heavy atom. The number of methoxy groups -OCH3 is 1. The summed E-state index contributed by atoms with van der Waals surface area (Å²) in [5, 5.41) is 0. The van der Waals surface area contributed by atoms with Crippen LogP contribution in [-0.4, -0.2) is 42.6 Å². The number of rotatable bonds is 2. The van der Waals surface area contributed by atoms with E-state index in [1.807, 2.05) is 17.0 Å². The first-order valence-corrected chi connectivity index (χ1v) is 8.91. The van der Waals surface area contributed by atoms with Crippen molar-refractivity contribution in [1.29, 1.82) is 0 Å². The van der Waals surface area contributed by atoms with Crippen LogP contribution in [0.25, 0.3) is 0 Å². The molecular formula is C20H22N2O4. The summed E-state index contributed by atoms with van der Waals surface area (Å²) in [7, 11) is 1.69. The molecule has 0 aliphatic carbocycles. The molecular weight excluding hydrogens is 332 g/mol. The number of aromatic amines is 1. The van der Waals surface area contributed by atoms with Gasteiger partial charge in [0.05, 0.1) is 19.3 Å². The number of fused-ring (bicyclic) bond motifs is 2. The molecule has 1 aromatic carbocycles. The molecule has 1 N–H and O–H groups in total. The van der Waals surface area contributed by atoms with Crippen molar-refractivity contribution in [3.05, 3.63) is 63.6 Å². The molecule has 2 aromatic rings. The highest BCUT2D eigenvalue weighted by molar-refractivity contribution is 5.93. The van der Waals surface area contributed by atoms with Crippen molar-refractivity contribution in [1.82, 2.24) is 9.88 Å². The van der Waals surface area contributed by atoms with Gasteiger partial charge in [0.2, 0.25) is 5.56 Å². The van der Waals surface area contributed by atoms with E-state index in [2.05, 4.69) is 11.1 Å². The van der Waals surface area contributed by atoms with Gasteiger partial charge >= 0.3 is 0 Å². The summed E-state index contributed by atoms with van der Waals surface area (Å²) < 4.78 is 11.9. The number of carbonyl (C=O) groups excluding carboxylic acids is 1. The highest BCUT2D eigenvalue weighted by atomic mass is 16.5. The number of nitrogens with one attached hydrogen (secondary N) is 1. The number of ether oxygens (including phenoxy) is 2. The Labute approximate surface area is 151 Å². The van der Waals surface area contributed by atoms with Crippen LogP contribution in [-0.2, 0) is 16.8 Å². The fraction of sp³-hybridized carbons (Fsp3) is 0.400. The lowest BCUT2D eigenvalue weighted by Crippen LogP contribution is -2.48. The molecule has 1 fully saturated rings. The van der Waals surface area contributed by atoms with E-state index in [1.54, 1.807) is 13.2 Å². The number of amides is 1. The maximum Gasteiger partial charge on any atom is 0.255 e. The second kappa shape index (κ2) is 6.61. The predicted octanol–water partition coefficient (Wildman–Crippen LogP) is 2.09. The van der Waals surface area contributed by atoms with E-state index in [0.29, 0.717) is 25.3 Å². The van der Waals surface area contributed by atoms with Gasteiger partial charge in [0, 0.05) is 30.9 Å². The first-order valence-electron chi connectivity index (χ1n) is 8.91. The van der Waals surface area contributed by atoms with Gasteiger partial charge < -0.3 is 19.4 Å². The smallest absolute Gasteiger partial charge is 0.255 e. The highest BCUT2D eigenvalue weighted by Gasteiger charge is 2.43. The van der Waals surface area contributed by atoms with Gasteiger partial charge in [-0.05, 0) is 37.0 Å². The quantitative estimate of drug-likeness (QED) is 0.896. The molecule has 0 bridgehead atoms. The van der Waals surface area contributed by atoms with Gasteiger partial charge in [-0.2, -0.15) is 0 Å². The molecule has 2 aliphatic heterocycles. The third kappa shape index (κ3) is 2.80. The van der Waals surface area contributed by atoms with E-state index in [4.69, 9.17) is 9.47 Å². The Balaban J connectivity index is 1.57. The van der Waals surface area contributed by atoms with Crippen LogP contribution in [0.4, 0.5) is 0 Å². The van der Waals surface area contributed by atoms with Gasteiger partial charge in [0.25, 0.3) is 5.91 Å². The number of nitrogens with zero attached hydrogens (tertiary/aromatic N) is 1. The molecule has 0 radical (unpaired) electrons. The first-order chi connectivity index (χ1) is 12.6. The number of likely N-dealkylation sites (tertiary alicyclic amines) is 1. The number of hydrogen-bond donors (Lipinski definition) is 1. The minimum atomic E-state index is -0.387. The topological polar surface area (TPSA) is 71.6 Å². The Kier molecular flexibility index (Phi) is 4.28. The molecule has 0 saturated carbocycles. The van der Waals surface area contributed by atoms with Crippen LogP contribution >= 0.6 is 0 Å². The second-order valence-electron chi connectivity index (χ2n) is 6.82. The lowest BCUT2D eigenvalue weighted by atomic mass is 9.78. The maximum atomic E-state index is 12.7. The molecule has 3 heterocycles. The van der Waals surface area contributed by atoms with E-state index in [-0.39, 0.29) is 17.1 Å². The molecule has 4 rings (SSSR count). The molecule has 26 heavy (non-hydrogen) atoms. The van der Waals surface area contributed by atoms with E-state index >= 15 is 0 Å². The lowest BCUT2D eigenvalue weighted by Gasteiger charge is -2.45. The van der Waals surface area contributed by atoms with Crippen molar-refractivity contribution in [2.75, 3.05) is 26.8 Å². The minimum absolute atomic E-state index is 0.0628. The highest BCUT2D eigenvalue weighted by Crippen LogP contribution is 2.45. The summed E-state index contributed by atoms with van der Waals surface area (Å²) >= 11 is 0. The fourth-order valence-corrected chi connectivity index (χ4v) is 4.09. The van der Waals surface area contributed by atoms with Gasteiger partial charge in [-0.25, -0.2) is 0 Å². The maximum absolute atomic E-state index is 12.7. The average molecular weight is 354 g/mol. The summed E-state index contributed by atoms with van der Waals surface area (Å²) in [4.78, 5) is 28.3. The zero-order chi connectivity index (χ0) is 18.1. The van der Waals surface area contributed by atoms with Crippen molar-refractivity contribution < 1.29 is 14.3 Å². The average Bonchev–Trinajstić information content (AvgIpc) is 2.68. The molecule has 0 atom stereocenters. The van der Waals surface area contributed by atoms with Gasteiger partial charge in [-0.15, -0.1) is 0 Å². The zero-order valence-electron chi connectivity index (χ0n) is 14.8. The number of piperidine rings is 1. The number of aromatic nitrogens is 1. The molecule has 6 heteroatoms. The normalized spacial score (nSPS) is 18.4. The molecule has 1 spiro atoms. The van der Waals surface area contributed by atoms with Crippen LogP contribution in [0.5, 0.6) is 5.75 Å². The number of H-pyrrole nitrogens is 1. The van der Waals surface area contributed by atoms with Crippen LogP contribution in [0.3, 0.4) is 0 Å². The molecule has 0 unspecified atom stereocenters. The summed E-state index contributed by atoms with van der Waals surface area (Å²) in [6, 6.07) is 9.09. The van der Waals surface area contributed by atoms with Crippen LogP contribution in [0.2, 0.25) is 0 Å². The third-order valence-corrected chi connectivity index (χ3v) is 5.43. The standard InChI is InChI=1S/C20H22N2O4/c1-25-16-4-2-3-14-7-12-26-20(18(14)16)8-10-22(11-9-20)19(24)15-5-6-17(23)21-13-15/h2-6,13H,7-12H2,1H3,(H,21,23). The fourth-order valence-electron chi connectivity index (χ4n) is 4.09. The monoisotopic (exact) mass is 354 g/mol. The van der Waals surface area contributed by atoms with E-state index in [0.717, 1.165) is 30.6 Å². The van der Waals surface area contributed by atoms with Crippen LogP contribution in [0, 0.1) is 0 Å². The Morgan fingerprint density at radius 3 is 2.73 bits per heavy atom. The van der Waals surface area contributed by atoms with E-state index in [9.17, 15) is 9.59 Å². The Bertz CT molecular complexity index is 847. The van der Waals surface area contributed by atoms with Crippen LogP contribution in [0.1, 0.15) is 34.3 Å². The summed E-state index contributed by atoms with van der Waals surface area (Å²) in [6.45, 7) is 1.90. The zero-order valence-corrected chi connectivity index (χ0v) is 14.8. The van der Waals surface area contributed by atoms with Crippen LogP contribution in [0.15, 0.2) is 41.3 Å². The van der Waals surface area contributed by atoms with E-state index in [1.165, 1.54) is 17.8 Å². The number of carbonyl (C=O) groups is 1. The summed E-state index contributed by atoms with van der Waals surface area (Å²) in [6.07, 6.45) is 3.82. The third-order valence-electron chi connectivity index (χ3n) is 5.43. The number of benzene rings is 1. The van der Waals surface area contributed by atoms with Crippen molar-refractivity contribution in [3.63, 3.8) is 0 Å². The molecule has 1 saturated heterocycles. The molecule has 2 aliphatic rings. The van der Waals surface area contributed by atoms with Gasteiger partial charge in [0.1, 0.15) is 11.4 Å². The number of hydrogen-bond acceptors (Lipinski definition) is 4. The SMILES string of the molecule is COc1cccc2c1C1(CCN(C(=O)c3ccc(=O)[nH]c3)CC1)OCC2. The summed E-state index contributed by atoms with van der Waals surface area (Å²) in [5.74, 6) is 0.801. The molecule has 1 amide bonds. The van der Waals surface area contributed by atoms with Gasteiger partial charge in [-0.1, -0.05) is 12.1 Å². The van der Waals surface area contributed by atoms with Crippen LogP contribution < -0.4 is 10.3 Å². The Morgan fingerprint density at radius 2 is 2.04 bits per heavy atom. The van der Waals surface area contributed by atoms with Crippen molar-refractivity contribution in [2.24, 2.45) is 0 Å². The van der Waals surface area contributed by atoms with Crippen molar-refractivity contribution >= 4 is 5.91 Å². The van der Waals surface area contributed by atoms with Crippen molar-refractivity contribution in [3.8, 4) is 5.75 Å². The molecule has 1 aromatic heterocycles. The van der Waals surface area contributed by atoms with Crippen molar-refractivity contribution in [2.45, 2.75) is 24.9 Å². The largest absolute Gasteiger partial charge is 0.496 e. The number of pyridine rings is 1. The Hall–Kier alpha value is -2.60. The molecule has 136 valence electrons. The molecule has 6 nitrogen and oxygen atoms in total. The lowest BCUT2D eigenvalue weighted by molar-refractivity contribution is -0.0946.